The molecule has 0 unspecified atom stereocenters. The monoisotopic (exact) mass is 384 g/mol. The number of carbonyl (C=O) groups is 1. The van der Waals surface area contributed by atoms with Crippen LogP contribution in [0.15, 0.2) is 36.7 Å². The van der Waals surface area contributed by atoms with Gasteiger partial charge in [0.05, 0.1) is 5.02 Å². The molecule has 2 aliphatic rings. The summed E-state index contributed by atoms with van der Waals surface area (Å²) in [6, 6.07) is 8.01. The van der Waals surface area contributed by atoms with E-state index in [1.165, 1.54) is 0 Å². The van der Waals surface area contributed by atoms with Crippen LogP contribution >= 0.6 is 11.6 Å². The quantitative estimate of drug-likeness (QED) is 0.813. The minimum absolute atomic E-state index is 0.143. The Morgan fingerprint density at radius 2 is 2.04 bits per heavy atom. The average Bonchev–Trinajstić information content (AvgIpc) is 2.72. The predicted octanol–water partition coefficient (Wildman–Crippen LogP) is 2.97. The lowest BCUT2D eigenvalue weighted by Crippen LogP contribution is -2.44. The van der Waals surface area contributed by atoms with Gasteiger partial charge >= 0.3 is 0 Å². The van der Waals surface area contributed by atoms with Crippen LogP contribution < -0.4 is 0 Å². The fourth-order valence-electron chi connectivity index (χ4n) is 4.07. The minimum Gasteiger partial charge on any atom is -0.338 e. The molecule has 2 aromatic heterocycles. The van der Waals surface area contributed by atoms with Gasteiger partial charge in [0.25, 0.3) is 0 Å². The van der Waals surface area contributed by atoms with Gasteiger partial charge in [-0.15, -0.1) is 0 Å². The zero-order chi connectivity index (χ0) is 18.6. The van der Waals surface area contributed by atoms with Crippen LogP contribution in [0.5, 0.6) is 0 Å². The van der Waals surface area contributed by atoms with E-state index in [1.54, 1.807) is 6.20 Å². The van der Waals surface area contributed by atoms with Crippen molar-refractivity contribution >= 4 is 17.5 Å². The summed E-state index contributed by atoms with van der Waals surface area (Å²) in [5, 5.41) is 0.643. The highest BCUT2D eigenvalue weighted by Crippen LogP contribution is 2.25. The van der Waals surface area contributed by atoms with Crippen molar-refractivity contribution in [3.8, 4) is 0 Å². The fraction of sp³-hybridized carbons (Fsp3) is 0.476. The van der Waals surface area contributed by atoms with Gasteiger partial charge in [0.2, 0.25) is 5.91 Å². The molecular weight excluding hydrogens is 360 g/mol. The number of hydrogen-bond donors (Lipinski definition) is 0. The molecule has 5 nitrogen and oxygen atoms in total. The van der Waals surface area contributed by atoms with Crippen molar-refractivity contribution in [1.82, 2.24) is 19.8 Å². The summed E-state index contributed by atoms with van der Waals surface area (Å²) in [4.78, 5) is 26.2. The topological polar surface area (TPSA) is 49.3 Å². The number of hydrogen-bond acceptors (Lipinski definition) is 4. The number of aromatic nitrogens is 2. The van der Waals surface area contributed by atoms with Crippen molar-refractivity contribution in [1.29, 1.82) is 0 Å². The molecule has 1 saturated heterocycles. The molecule has 0 spiro atoms. The Kier molecular flexibility index (Phi) is 5.69. The lowest BCUT2D eigenvalue weighted by molar-refractivity contribution is -0.138. The number of pyridine rings is 2. The molecule has 2 aliphatic heterocycles. The molecule has 0 N–H and O–H groups in total. The van der Waals surface area contributed by atoms with Gasteiger partial charge in [-0.05, 0) is 49.7 Å². The molecular formula is C21H25ClN4O. The number of nitrogens with zero attached hydrogens (tertiary/aromatic N) is 4. The highest BCUT2D eigenvalue weighted by atomic mass is 35.5. The number of halogens is 1. The van der Waals surface area contributed by atoms with Crippen molar-refractivity contribution in [3.63, 3.8) is 0 Å². The first-order chi connectivity index (χ1) is 13.2. The second-order valence-electron chi connectivity index (χ2n) is 7.46. The fourth-order valence-corrected chi connectivity index (χ4v) is 4.25. The Hall–Kier alpha value is -1.98. The van der Waals surface area contributed by atoms with Gasteiger partial charge in [0.15, 0.2) is 0 Å². The number of amides is 1. The smallest absolute Gasteiger partial charge is 0.226 e. The summed E-state index contributed by atoms with van der Waals surface area (Å²) in [5.41, 5.74) is 3.30. The Morgan fingerprint density at radius 1 is 1.19 bits per heavy atom. The Labute approximate surface area is 165 Å². The molecule has 2 aromatic rings. The third-order valence-electron chi connectivity index (χ3n) is 5.67. The predicted molar refractivity (Wildman–Crippen MR) is 105 cm³/mol. The van der Waals surface area contributed by atoms with Gasteiger partial charge in [-0.1, -0.05) is 17.7 Å². The van der Waals surface area contributed by atoms with E-state index in [9.17, 15) is 4.79 Å². The van der Waals surface area contributed by atoms with E-state index >= 15 is 0 Å². The summed E-state index contributed by atoms with van der Waals surface area (Å²) in [6.45, 7) is 4.39. The summed E-state index contributed by atoms with van der Waals surface area (Å²) in [7, 11) is 0. The van der Waals surface area contributed by atoms with Crippen molar-refractivity contribution in [3.05, 3.63) is 58.6 Å². The van der Waals surface area contributed by atoms with Gasteiger partial charge in [-0.25, -0.2) is 0 Å². The number of likely N-dealkylation sites (tertiary alicyclic amines) is 1. The normalized spacial score (nSPS) is 18.3. The minimum atomic E-state index is 0.143. The Balaban J connectivity index is 1.27. The van der Waals surface area contributed by atoms with Gasteiger partial charge in [-0.3, -0.25) is 14.8 Å². The maximum Gasteiger partial charge on any atom is 0.226 e. The van der Waals surface area contributed by atoms with Gasteiger partial charge < -0.3 is 9.80 Å². The van der Waals surface area contributed by atoms with Crippen LogP contribution in [-0.2, 0) is 24.2 Å². The summed E-state index contributed by atoms with van der Waals surface area (Å²) in [6.07, 6.45) is 7.21. The first kappa shape index (κ1) is 18.4. The largest absolute Gasteiger partial charge is 0.338 e. The number of rotatable bonds is 4. The van der Waals surface area contributed by atoms with Crippen molar-refractivity contribution < 1.29 is 4.79 Å². The number of piperidine rings is 1. The van der Waals surface area contributed by atoms with Crippen LogP contribution in [0.4, 0.5) is 0 Å². The van der Waals surface area contributed by atoms with E-state index in [4.69, 9.17) is 11.6 Å². The van der Waals surface area contributed by atoms with E-state index in [1.807, 2.05) is 29.3 Å². The molecule has 0 atom stereocenters. The number of fused-ring (bicyclic) bond motifs is 1. The van der Waals surface area contributed by atoms with Crippen molar-refractivity contribution in [2.75, 3.05) is 26.2 Å². The molecule has 142 valence electrons. The van der Waals surface area contributed by atoms with Crippen LogP contribution in [-0.4, -0.2) is 51.9 Å². The molecule has 6 heteroatoms. The van der Waals surface area contributed by atoms with E-state index in [0.29, 0.717) is 17.5 Å². The lowest BCUT2D eigenvalue weighted by Gasteiger charge is -2.36. The molecule has 4 heterocycles. The SMILES string of the molecule is O=C(C1CCN(CCc2ccccn2)CC1)N1CCc2ncc(Cl)cc2C1. The third-order valence-corrected chi connectivity index (χ3v) is 5.87. The van der Waals surface area contributed by atoms with E-state index < -0.39 is 0 Å². The lowest BCUT2D eigenvalue weighted by atomic mass is 9.93. The van der Waals surface area contributed by atoms with E-state index in [2.05, 4.69) is 20.9 Å². The molecule has 0 saturated carbocycles. The second kappa shape index (κ2) is 8.36. The average molecular weight is 385 g/mol. The first-order valence-electron chi connectivity index (χ1n) is 9.73. The Bertz CT molecular complexity index is 790. The summed E-state index contributed by atoms with van der Waals surface area (Å²) >= 11 is 6.07. The van der Waals surface area contributed by atoms with Crippen LogP contribution in [0.1, 0.15) is 29.8 Å². The molecule has 4 rings (SSSR count). The molecule has 1 amide bonds. The van der Waals surface area contributed by atoms with Crippen LogP contribution in [0.2, 0.25) is 5.02 Å². The van der Waals surface area contributed by atoms with Crippen molar-refractivity contribution in [2.45, 2.75) is 32.2 Å². The molecule has 0 radical (unpaired) electrons. The van der Waals surface area contributed by atoms with Gasteiger partial charge in [0, 0.05) is 62.2 Å². The maximum atomic E-state index is 13.0. The highest BCUT2D eigenvalue weighted by Gasteiger charge is 2.30. The standard InChI is InChI=1S/C21H25ClN4O/c22-18-13-17-15-26(12-7-20(17)24-14-18)21(27)16-4-9-25(10-5-16)11-6-19-3-1-2-8-23-19/h1-3,8,13-14,16H,4-7,9-12,15H2. The van der Waals surface area contributed by atoms with Crippen LogP contribution in [0.25, 0.3) is 0 Å². The maximum absolute atomic E-state index is 13.0. The van der Waals surface area contributed by atoms with Crippen LogP contribution in [0, 0.1) is 5.92 Å². The zero-order valence-electron chi connectivity index (χ0n) is 15.5. The molecule has 0 aromatic carbocycles. The summed E-state index contributed by atoms with van der Waals surface area (Å²) in [5.74, 6) is 0.440. The van der Waals surface area contributed by atoms with Gasteiger partial charge in [-0.2, -0.15) is 0 Å². The molecule has 0 aliphatic carbocycles. The first-order valence-corrected chi connectivity index (χ1v) is 10.1. The molecule has 0 bridgehead atoms. The zero-order valence-corrected chi connectivity index (χ0v) is 16.2. The molecule has 27 heavy (non-hydrogen) atoms. The number of carbonyl (C=O) groups excluding carboxylic acids is 1. The van der Waals surface area contributed by atoms with E-state index in [0.717, 1.165) is 68.8 Å². The molecule has 1 fully saturated rings. The van der Waals surface area contributed by atoms with E-state index in [-0.39, 0.29) is 5.92 Å². The third kappa shape index (κ3) is 4.47. The summed E-state index contributed by atoms with van der Waals surface area (Å²) < 4.78 is 0. The van der Waals surface area contributed by atoms with Crippen LogP contribution in [0.3, 0.4) is 0 Å². The van der Waals surface area contributed by atoms with Gasteiger partial charge in [0.1, 0.15) is 0 Å². The Morgan fingerprint density at radius 3 is 2.81 bits per heavy atom. The van der Waals surface area contributed by atoms with Crippen molar-refractivity contribution in [2.24, 2.45) is 5.92 Å². The highest BCUT2D eigenvalue weighted by molar-refractivity contribution is 6.30. The second-order valence-corrected chi connectivity index (χ2v) is 7.89.